The number of halogens is 1. The molecule has 4 nitrogen and oxygen atoms in total. The average molecular weight is 361 g/mol. The molecule has 0 aliphatic rings. The third-order valence-corrected chi connectivity index (χ3v) is 4.45. The van der Waals surface area contributed by atoms with Crippen LogP contribution < -0.4 is 5.32 Å². The minimum absolute atomic E-state index is 0.188. The topological polar surface area (TPSA) is 62.5 Å². The van der Waals surface area contributed by atoms with E-state index in [-0.39, 0.29) is 17.5 Å². The van der Waals surface area contributed by atoms with Crippen molar-refractivity contribution in [2.24, 2.45) is 0 Å². The maximum absolute atomic E-state index is 13.3. The minimum Gasteiger partial charge on any atom is -0.508 e. The van der Waals surface area contributed by atoms with Crippen molar-refractivity contribution in [3.05, 3.63) is 78.1 Å². The molecule has 2 N–H and O–H groups in total. The van der Waals surface area contributed by atoms with E-state index in [1.54, 1.807) is 49.5 Å². The Morgan fingerprint density at radius 2 is 1.56 bits per heavy atom. The molecule has 0 fully saturated rings. The molecule has 5 heteroatoms. The lowest BCUT2D eigenvalue weighted by atomic mass is 10.00. The van der Waals surface area contributed by atoms with E-state index in [0.717, 1.165) is 11.1 Å². The zero-order valence-corrected chi connectivity index (χ0v) is 14.5. The van der Waals surface area contributed by atoms with Crippen LogP contribution in [0, 0.1) is 5.82 Å². The smallest absolute Gasteiger partial charge is 0.255 e. The molecule has 0 unspecified atom stereocenters. The summed E-state index contributed by atoms with van der Waals surface area (Å²) in [5.74, 6) is -0.0538. The molecule has 1 amide bonds. The average Bonchev–Trinajstić information content (AvgIpc) is 3.07. The summed E-state index contributed by atoms with van der Waals surface area (Å²) < 4.78 is 19.2. The lowest BCUT2D eigenvalue weighted by Gasteiger charge is -2.04. The number of rotatable bonds is 3. The lowest BCUT2D eigenvalue weighted by molar-refractivity contribution is 0.0964. The highest BCUT2D eigenvalue weighted by molar-refractivity contribution is 6.11. The third kappa shape index (κ3) is 3.04. The molecular formula is C22H16FNO3. The minimum atomic E-state index is -0.356. The maximum Gasteiger partial charge on any atom is 0.255 e. The van der Waals surface area contributed by atoms with Crippen LogP contribution in [-0.4, -0.2) is 18.1 Å². The van der Waals surface area contributed by atoms with Crippen LogP contribution >= 0.6 is 0 Å². The Balaban J connectivity index is 1.93. The van der Waals surface area contributed by atoms with Gasteiger partial charge >= 0.3 is 0 Å². The number of furan rings is 1. The largest absolute Gasteiger partial charge is 0.508 e. The second-order valence-electron chi connectivity index (χ2n) is 6.15. The molecule has 3 aromatic carbocycles. The van der Waals surface area contributed by atoms with E-state index in [1.165, 1.54) is 12.1 Å². The van der Waals surface area contributed by atoms with Crippen molar-refractivity contribution in [3.8, 4) is 28.2 Å². The maximum atomic E-state index is 13.3. The number of aromatic hydroxyl groups is 1. The highest BCUT2D eigenvalue weighted by Crippen LogP contribution is 2.36. The van der Waals surface area contributed by atoms with Crippen LogP contribution in [0.15, 0.2) is 71.1 Å². The normalized spacial score (nSPS) is 10.9. The molecule has 0 saturated carbocycles. The predicted octanol–water partition coefficient (Wildman–Crippen LogP) is 4.97. The standard InChI is InChI=1S/C22H16FNO3/c1-24-22(26)20-18-12-15(13-4-9-17(25)10-5-13)6-11-19(18)27-21(20)14-2-7-16(23)8-3-14/h2-12,25H,1H3,(H,24,26). The van der Waals surface area contributed by atoms with Gasteiger partial charge in [-0.15, -0.1) is 0 Å². The predicted molar refractivity (Wildman–Crippen MR) is 102 cm³/mol. The molecule has 4 aromatic rings. The number of hydrogen-bond donors (Lipinski definition) is 2. The van der Waals surface area contributed by atoms with Gasteiger partial charge in [0, 0.05) is 18.0 Å². The van der Waals surface area contributed by atoms with Crippen LogP contribution in [0.3, 0.4) is 0 Å². The highest BCUT2D eigenvalue weighted by Gasteiger charge is 2.22. The monoisotopic (exact) mass is 361 g/mol. The molecule has 0 aliphatic carbocycles. The van der Waals surface area contributed by atoms with Crippen molar-refractivity contribution in [3.63, 3.8) is 0 Å². The van der Waals surface area contributed by atoms with Gasteiger partial charge in [-0.1, -0.05) is 18.2 Å². The second kappa shape index (κ2) is 6.61. The fourth-order valence-corrected chi connectivity index (χ4v) is 3.09. The van der Waals surface area contributed by atoms with Crippen LogP contribution in [0.1, 0.15) is 10.4 Å². The summed E-state index contributed by atoms with van der Waals surface area (Å²) in [4.78, 5) is 12.6. The van der Waals surface area contributed by atoms with Crippen LogP contribution in [0.5, 0.6) is 5.75 Å². The van der Waals surface area contributed by atoms with Gasteiger partial charge in [0.2, 0.25) is 0 Å². The van der Waals surface area contributed by atoms with Gasteiger partial charge in [-0.25, -0.2) is 4.39 Å². The number of carbonyl (C=O) groups excluding carboxylic acids is 1. The fourth-order valence-electron chi connectivity index (χ4n) is 3.09. The summed E-state index contributed by atoms with van der Waals surface area (Å²) in [5, 5.41) is 12.8. The number of benzene rings is 3. The number of amides is 1. The van der Waals surface area contributed by atoms with Gasteiger partial charge in [0.1, 0.15) is 22.9 Å². The number of nitrogens with one attached hydrogen (secondary N) is 1. The zero-order valence-electron chi connectivity index (χ0n) is 14.5. The van der Waals surface area contributed by atoms with Gasteiger partial charge in [-0.3, -0.25) is 4.79 Å². The van der Waals surface area contributed by atoms with Crippen LogP contribution in [0.4, 0.5) is 4.39 Å². The van der Waals surface area contributed by atoms with E-state index in [0.29, 0.717) is 27.9 Å². The first-order valence-electron chi connectivity index (χ1n) is 8.41. The van der Waals surface area contributed by atoms with Gasteiger partial charge in [0.15, 0.2) is 0 Å². The fraction of sp³-hybridized carbons (Fsp3) is 0.0455. The van der Waals surface area contributed by atoms with E-state index >= 15 is 0 Å². The summed E-state index contributed by atoms with van der Waals surface area (Å²) in [5.41, 5.74) is 3.38. The van der Waals surface area contributed by atoms with Gasteiger partial charge < -0.3 is 14.8 Å². The summed E-state index contributed by atoms with van der Waals surface area (Å²) in [6, 6.07) is 18.2. The zero-order chi connectivity index (χ0) is 19.0. The van der Waals surface area contributed by atoms with Crippen LogP contribution in [0.2, 0.25) is 0 Å². The molecule has 4 rings (SSSR count). The Hall–Kier alpha value is -3.60. The molecule has 0 atom stereocenters. The quantitative estimate of drug-likeness (QED) is 0.541. The van der Waals surface area contributed by atoms with Crippen molar-refractivity contribution < 1.29 is 18.7 Å². The van der Waals surface area contributed by atoms with Gasteiger partial charge in [0.05, 0.1) is 5.56 Å². The number of phenolic OH excluding ortho intramolecular Hbond substituents is 1. The van der Waals surface area contributed by atoms with E-state index in [9.17, 15) is 14.3 Å². The van der Waals surface area contributed by atoms with Crippen molar-refractivity contribution in [2.45, 2.75) is 0 Å². The number of hydrogen-bond acceptors (Lipinski definition) is 3. The Bertz CT molecular complexity index is 1130. The lowest BCUT2D eigenvalue weighted by Crippen LogP contribution is -2.18. The van der Waals surface area contributed by atoms with Crippen molar-refractivity contribution >= 4 is 16.9 Å². The van der Waals surface area contributed by atoms with Gasteiger partial charge in [0.25, 0.3) is 5.91 Å². The Kier molecular flexibility index (Phi) is 4.12. The molecule has 27 heavy (non-hydrogen) atoms. The molecule has 0 saturated heterocycles. The molecule has 134 valence electrons. The second-order valence-corrected chi connectivity index (χ2v) is 6.15. The van der Waals surface area contributed by atoms with E-state index in [1.807, 2.05) is 12.1 Å². The van der Waals surface area contributed by atoms with Crippen molar-refractivity contribution in [2.75, 3.05) is 7.05 Å². The molecule has 1 aromatic heterocycles. The summed E-state index contributed by atoms with van der Waals surface area (Å²) in [6.07, 6.45) is 0. The van der Waals surface area contributed by atoms with Gasteiger partial charge in [-0.2, -0.15) is 0 Å². The van der Waals surface area contributed by atoms with Gasteiger partial charge in [-0.05, 0) is 59.7 Å². The number of phenols is 1. The molecular weight excluding hydrogens is 345 g/mol. The van der Waals surface area contributed by atoms with E-state index in [2.05, 4.69) is 5.32 Å². The number of fused-ring (bicyclic) bond motifs is 1. The molecule has 0 aliphatic heterocycles. The molecule has 0 spiro atoms. The summed E-state index contributed by atoms with van der Waals surface area (Å²) in [6.45, 7) is 0. The summed E-state index contributed by atoms with van der Waals surface area (Å²) in [7, 11) is 1.55. The first-order valence-corrected chi connectivity index (χ1v) is 8.41. The number of carbonyl (C=O) groups is 1. The van der Waals surface area contributed by atoms with Crippen molar-refractivity contribution in [1.82, 2.24) is 5.32 Å². The van der Waals surface area contributed by atoms with E-state index in [4.69, 9.17) is 4.42 Å². The summed E-state index contributed by atoms with van der Waals surface area (Å²) >= 11 is 0. The third-order valence-electron chi connectivity index (χ3n) is 4.45. The van der Waals surface area contributed by atoms with E-state index < -0.39 is 0 Å². The van der Waals surface area contributed by atoms with Crippen molar-refractivity contribution in [1.29, 1.82) is 0 Å². The molecule has 0 bridgehead atoms. The Morgan fingerprint density at radius 3 is 2.22 bits per heavy atom. The highest BCUT2D eigenvalue weighted by atomic mass is 19.1. The van der Waals surface area contributed by atoms with Crippen LogP contribution in [0.25, 0.3) is 33.4 Å². The SMILES string of the molecule is CNC(=O)c1c(-c2ccc(F)cc2)oc2ccc(-c3ccc(O)cc3)cc12. The Labute approximate surface area is 154 Å². The molecule has 0 radical (unpaired) electrons. The molecule has 1 heterocycles. The Morgan fingerprint density at radius 1 is 0.926 bits per heavy atom. The van der Waals surface area contributed by atoms with Crippen LogP contribution in [-0.2, 0) is 0 Å². The first kappa shape index (κ1) is 16.8. The first-order chi connectivity index (χ1) is 13.1.